The van der Waals surface area contributed by atoms with Crippen LogP contribution in [0.3, 0.4) is 0 Å². The Morgan fingerprint density at radius 1 is 1.50 bits per heavy atom. The number of hydrogen-bond acceptors (Lipinski definition) is 3. The maximum atomic E-state index is 11.0. The molecular formula is C10H10O4. The van der Waals surface area contributed by atoms with E-state index < -0.39 is 18.2 Å². The third-order valence-corrected chi connectivity index (χ3v) is 2.27. The summed E-state index contributed by atoms with van der Waals surface area (Å²) in [6.45, 7) is 0. The molecule has 2 unspecified atom stereocenters. The van der Waals surface area contributed by atoms with Gasteiger partial charge < -0.3 is 14.6 Å². The average molecular weight is 194 g/mol. The number of hydrogen-bond donors (Lipinski definition) is 1. The molecule has 0 aliphatic carbocycles. The predicted molar refractivity (Wildman–Crippen MR) is 48.2 cm³/mol. The van der Waals surface area contributed by atoms with E-state index in [-0.39, 0.29) is 0 Å². The van der Waals surface area contributed by atoms with Crippen LogP contribution in [0.25, 0.3) is 0 Å². The van der Waals surface area contributed by atoms with Crippen molar-refractivity contribution in [3.8, 4) is 5.75 Å². The van der Waals surface area contributed by atoms with Gasteiger partial charge in [-0.05, 0) is 6.07 Å². The number of ether oxygens (including phenoxy) is 2. The molecule has 2 atom stereocenters. The summed E-state index contributed by atoms with van der Waals surface area (Å²) in [6.07, 6.45) is -0.718. The van der Waals surface area contributed by atoms with Crippen LogP contribution in [0.2, 0.25) is 0 Å². The predicted octanol–water partition coefficient (Wildman–Crippen LogP) is 1.22. The number of fused-ring (bicyclic) bond motifs is 1. The van der Waals surface area contributed by atoms with E-state index in [0.717, 1.165) is 0 Å². The summed E-state index contributed by atoms with van der Waals surface area (Å²) in [5.41, 5.74) is 0.673. The molecule has 1 N–H and O–H groups in total. The Morgan fingerprint density at radius 2 is 2.21 bits per heavy atom. The van der Waals surface area contributed by atoms with Crippen LogP contribution in [0, 0.1) is 0 Å². The number of carbonyl (C=O) groups is 1. The lowest BCUT2D eigenvalue weighted by molar-refractivity contribution is -0.147. The minimum Gasteiger partial charge on any atom is -0.481 e. The van der Waals surface area contributed by atoms with E-state index in [1.54, 1.807) is 24.3 Å². The number of carboxylic acid groups (broad SMARTS) is 1. The Morgan fingerprint density at radius 3 is 2.86 bits per heavy atom. The van der Waals surface area contributed by atoms with Gasteiger partial charge in [-0.2, -0.15) is 0 Å². The van der Waals surface area contributed by atoms with Crippen LogP contribution in [0.15, 0.2) is 24.3 Å². The van der Waals surface area contributed by atoms with E-state index in [1.165, 1.54) is 7.11 Å². The van der Waals surface area contributed by atoms with Gasteiger partial charge in [0, 0.05) is 12.7 Å². The molecule has 0 spiro atoms. The molecule has 1 aliphatic rings. The molecular weight excluding hydrogens is 184 g/mol. The van der Waals surface area contributed by atoms with Gasteiger partial charge in [-0.1, -0.05) is 18.2 Å². The first-order valence-electron chi connectivity index (χ1n) is 4.25. The topological polar surface area (TPSA) is 55.8 Å². The molecule has 1 aromatic carbocycles. The van der Waals surface area contributed by atoms with Crippen LogP contribution in [-0.2, 0) is 9.53 Å². The standard InChI is InChI=1S/C10H10O4/c1-13-10-8(9(11)12)6-4-2-3-5-7(6)14-10/h2-5,8,10H,1H3,(H,11,12). The monoisotopic (exact) mass is 194 g/mol. The molecule has 74 valence electrons. The molecule has 1 aromatic rings. The van der Waals surface area contributed by atoms with Crippen molar-refractivity contribution in [2.24, 2.45) is 0 Å². The Balaban J connectivity index is 2.42. The lowest BCUT2D eigenvalue weighted by Gasteiger charge is -2.12. The molecule has 0 amide bonds. The van der Waals surface area contributed by atoms with Crippen LogP contribution >= 0.6 is 0 Å². The summed E-state index contributed by atoms with van der Waals surface area (Å²) in [5.74, 6) is -1.07. The van der Waals surface area contributed by atoms with Gasteiger partial charge in [0.1, 0.15) is 11.7 Å². The Hall–Kier alpha value is -1.55. The van der Waals surface area contributed by atoms with Gasteiger partial charge in [0.25, 0.3) is 0 Å². The van der Waals surface area contributed by atoms with Gasteiger partial charge in [0.15, 0.2) is 0 Å². The van der Waals surface area contributed by atoms with Crippen molar-refractivity contribution in [1.82, 2.24) is 0 Å². The normalized spacial score (nSPS) is 24.1. The molecule has 2 rings (SSSR count). The fourth-order valence-electron chi connectivity index (χ4n) is 1.62. The van der Waals surface area contributed by atoms with Crippen molar-refractivity contribution in [3.05, 3.63) is 29.8 Å². The Bertz CT molecular complexity index is 361. The molecule has 0 saturated heterocycles. The number of rotatable bonds is 2. The zero-order valence-corrected chi connectivity index (χ0v) is 7.64. The molecule has 0 bridgehead atoms. The highest BCUT2D eigenvalue weighted by Crippen LogP contribution is 2.38. The molecule has 4 nitrogen and oxygen atoms in total. The maximum absolute atomic E-state index is 11.0. The van der Waals surface area contributed by atoms with Gasteiger partial charge in [0.05, 0.1) is 0 Å². The van der Waals surface area contributed by atoms with E-state index in [1.807, 2.05) is 0 Å². The highest BCUT2D eigenvalue weighted by atomic mass is 16.7. The first-order chi connectivity index (χ1) is 6.74. The zero-order chi connectivity index (χ0) is 10.1. The minimum absolute atomic E-state index is 0.590. The quantitative estimate of drug-likeness (QED) is 0.769. The molecule has 4 heteroatoms. The Labute approximate surface area is 81.1 Å². The highest BCUT2D eigenvalue weighted by Gasteiger charge is 2.39. The summed E-state index contributed by atoms with van der Waals surface area (Å²) < 4.78 is 10.3. The number of carboxylic acids is 1. The SMILES string of the molecule is COC1Oc2ccccc2C1C(=O)O. The number of aliphatic carboxylic acids is 1. The van der Waals surface area contributed by atoms with Crippen molar-refractivity contribution in [1.29, 1.82) is 0 Å². The largest absolute Gasteiger partial charge is 0.481 e. The van der Waals surface area contributed by atoms with E-state index in [2.05, 4.69) is 0 Å². The fourth-order valence-corrected chi connectivity index (χ4v) is 1.62. The van der Waals surface area contributed by atoms with Crippen LogP contribution < -0.4 is 4.74 Å². The lowest BCUT2D eigenvalue weighted by Crippen LogP contribution is -2.26. The molecule has 1 heterocycles. The first kappa shape index (κ1) is 9.02. The average Bonchev–Trinajstić information content (AvgIpc) is 2.55. The van der Waals surface area contributed by atoms with Crippen molar-refractivity contribution < 1.29 is 19.4 Å². The van der Waals surface area contributed by atoms with Gasteiger partial charge in [-0.3, -0.25) is 4.79 Å². The van der Waals surface area contributed by atoms with Gasteiger partial charge in [0.2, 0.25) is 6.29 Å². The summed E-state index contributed by atoms with van der Waals surface area (Å²) in [6, 6.07) is 7.07. The molecule has 0 fully saturated rings. The summed E-state index contributed by atoms with van der Waals surface area (Å²) in [5, 5.41) is 9.00. The molecule has 1 aliphatic heterocycles. The molecule has 0 saturated carbocycles. The molecule has 14 heavy (non-hydrogen) atoms. The van der Waals surface area contributed by atoms with E-state index in [0.29, 0.717) is 11.3 Å². The van der Waals surface area contributed by atoms with Crippen molar-refractivity contribution in [3.63, 3.8) is 0 Å². The zero-order valence-electron chi connectivity index (χ0n) is 7.64. The van der Waals surface area contributed by atoms with E-state index in [9.17, 15) is 4.79 Å². The summed E-state index contributed by atoms with van der Waals surface area (Å²) >= 11 is 0. The second kappa shape index (κ2) is 3.31. The van der Waals surface area contributed by atoms with Crippen molar-refractivity contribution >= 4 is 5.97 Å². The van der Waals surface area contributed by atoms with Crippen LogP contribution in [0.4, 0.5) is 0 Å². The summed E-state index contributed by atoms with van der Waals surface area (Å²) in [7, 11) is 1.44. The van der Waals surface area contributed by atoms with E-state index in [4.69, 9.17) is 14.6 Å². The fraction of sp³-hybridized carbons (Fsp3) is 0.300. The van der Waals surface area contributed by atoms with E-state index >= 15 is 0 Å². The second-order valence-corrected chi connectivity index (χ2v) is 3.08. The minimum atomic E-state index is -0.929. The highest BCUT2D eigenvalue weighted by molar-refractivity contribution is 5.79. The summed E-state index contributed by atoms with van der Waals surface area (Å²) in [4.78, 5) is 11.0. The molecule has 0 aromatic heterocycles. The second-order valence-electron chi connectivity index (χ2n) is 3.08. The van der Waals surface area contributed by atoms with Crippen LogP contribution in [-0.4, -0.2) is 24.5 Å². The third kappa shape index (κ3) is 1.24. The number of benzene rings is 1. The first-order valence-corrected chi connectivity index (χ1v) is 4.25. The smallest absolute Gasteiger partial charge is 0.317 e. The maximum Gasteiger partial charge on any atom is 0.317 e. The van der Waals surface area contributed by atoms with Gasteiger partial charge >= 0.3 is 5.97 Å². The van der Waals surface area contributed by atoms with Gasteiger partial charge in [-0.25, -0.2) is 0 Å². The molecule has 0 radical (unpaired) electrons. The van der Waals surface area contributed by atoms with Crippen LogP contribution in [0.5, 0.6) is 5.75 Å². The lowest BCUT2D eigenvalue weighted by atomic mass is 10.0. The van der Waals surface area contributed by atoms with Crippen LogP contribution in [0.1, 0.15) is 11.5 Å². The van der Waals surface area contributed by atoms with Gasteiger partial charge in [-0.15, -0.1) is 0 Å². The van der Waals surface area contributed by atoms with Crippen molar-refractivity contribution in [2.45, 2.75) is 12.2 Å². The number of para-hydroxylation sites is 1. The van der Waals surface area contributed by atoms with Crippen molar-refractivity contribution in [2.75, 3.05) is 7.11 Å². The third-order valence-electron chi connectivity index (χ3n) is 2.27. The number of methoxy groups -OCH3 is 1. The Kier molecular flexibility index (Phi) is 2.13.